The summed E-state index contributed by atoms with van der Waals surface area (Å²) in [5, 5.41) is 10.9. The summed E-state index contributed by atoms with van der Waals surface area (Å²) < 4.78 is 7.09. The van der Waals surface area contributed by atoms with Crippen molar-refractivity contribution in [1.29, 1.82) is 0 Å². The van der Waals surface area contributed by atoms with Crippen molar-refractivity contribution in [3.8, 4) is 0 Å². The number of aromatic nitrogens is 2. The third-order valence-electron chi connectivity index (χ3n) is 5.99. The van der Waals surface area contributed by atoms with E-state index in [-0.39, 0.29) is 30.3 Å². The fourth-order valence-electron chi connectivity index (χ4n) is 4.25. The summed E-state index contributed by atoms with van der Waals surface area (Å²) in [6.07, 6.45) is 3.29. The van der Waals surface area contributed by atoms with Crippen LogP contribution in [-0.4, -0.2) is 57.6 Å². The maximum Gasteiger partial charge on any atom is 0.269 e. The molecule has 1 aromatic carbocycles. The zero-order valence-corrected chi connectivity index (χ0v) is 19.1. The van der Waals surface area contributed by atoms with E-state index in [0.29, 0.717) is 35.2 Å². The Hall–Kier alpha value is -3.62. The van der Waals surface area contributed by atoms with Crippen LogP contribution >= 0.6 is 0 Å². The molecule has 9 heteroatoms. The molecule has 0 aliphatic carbocycles. The van der Waals surface area contributed by atoms with Crippen molar-refractivity contribution in [1.82, 2.24) is 25.3 Å². The lowest BCUT2D eigenvalue weighted by Crippen LogP contribution is -2.46. The van der Waals surface area contributed by atoms with Crippen LogP contribution in [0.4, 0.5) is 0 Å². The minimum Gasteiger partial charge on any atom is -0.463 e. The van der Waals surface area contributed by atoms with Crippen LogP contribution in [0.5, 0.6) is 0 Å². The molecule has 0 spiro atoms. The molecule has 0 saturated carbocycles. The van der Waals surface area contributed by atoms with Gasteiger partial charge < -0.3 is 20.0 Å². The average Bonchev–Trinajstić information content (AvgIpc) is 3.53. The molecule has 0 bridgehead atoms. The summed E-state index contributed by atoms with van der Waals surface area (Å²) in [4.78, 5) is 40.8. The van der Waals surface area contributed by atoms with Gasteiger partial charge in [-0.1, -0.05) is 32.0 Å². The quantitative estimate of drug-likeness (QED) is 0.573. The van der Waals surface area contributed by atoms with E-state index in [0.717, 1.165) is 18.5 Å². The molecule has 2 aromatic heterocycles. The van der Waals surface area contributed by atoms with Crippen molar-refractivity contribution >= 4 is 28.7 Å². The van der Waals surface area contributed by atoms with Gasteiger partial charge in [-0.15, -0.1) is 0 Å². The van der Waals surface area contributed by atoms with E-state index in [1.54, 1.807) is 23.9 Å². The molecule has 1 aliphatic rings. The number of carbonyl (C=O) groups excluding carboxylic acids is 3. The molecule has 1 saturated heterocycles. The lowest BCUT2D eigenvalue weighted by Gasteiger charge is -2.23. The van der Waals surface area contributed by atoms with Gasteiger partial charge in [-0.2, -0.15) is 5.10 Å². The van der Waals surface area contributed by atoms with Crippen molar-refractivity contribution < 1.29 is 18.8 Å². The van der Waals surface area contributed by atoms with Crippen LogP contribution in [0.3, 0.4) is 0 Å². The molecule has 174 valence electrons. The van der Waals surface area contributed by atoms with Crippen molar-refractivity contribution in [3.63, 3.8) is 0 Å². The summed E-state index contributed by atoms with van der Waals surface area (Å²) in [6, 6.07) is 8.01. The molecule has 0 radical (unpaired) electrons. The van der Waals surface area contributed by atoms with E-state index in [9.17, 15) is 14.4 Å². The first-order valence-corrected chi connectivity index (χ1v) is 11.3. The number of furan rings is 1. The number of nitrogens with one attached hydrogen (secondary N) is 2. The number of hydrogen-bond donors (Lipinski definition) is 2. The maximum absolute atomic E-state index is 13.5. The number of benzene rings is 1. The Morgan fingerprint density at radius 1 is 1.21 bits per heavy atom. The highest BCUT2D eigenvalue weighted by Gasteiger charge is 2.41. The van der Waals surface area contributed by atoms with E-state index in [2.05, 4.69) is 15.7 Å². The molecular weight excluding hydrogens is 422 g/mol. The molecular formula is C24H29N5O4. The van der Waals surface area contributed by atoms with E-state index >= 15 is 0 Å². The number of aryl methyl sites for hydroxylation is 2. The number of amides is 3. The van der Waals surface area contributed by atoms with Crippen LogP contribution in [0.25, 0.3) is 11.0 Å². The zero-order valence-electron chi connectivity index (χ0n) is 19.1. The van der Waals surface area contributed by atoms with Crippen LogP contribution in [0, 0.1) is 0 Å². The predicted octanol–water partition coefficient (Wildman–Crippen LogP) is 2.27. The summed E-state index contributed by atoms with van der Waals surface area (Å²) in [6.45, 7) is 4.70. The zero-order chi connectivity index (χ0) is 23.5. The molecule has 2 atom stereocenters. The number of likely N-dealkylation sites (tertiary alicyclic amines) is 1. The number of carbonyl (C=O) groups is 3. The Morgan fingerprint density at radius 2 is 2.00 bits per heavy atom. The van der Waals surface area contributed by atoms with E-state index in [1.807, 2.05) is 32.0 Å². The summed E-state index contributed by atoms with van der Waals surface area (Å²) in [7, 11) is 1.73. The third kappa shape index (κ3) is 4.48. The summed E-state index contributed by atoms with van der Waals surface area (Å²) in [5.74, 6) is -0.781. The maximum atomic E-state index is 13.5. The molecule has 2 N–H and O–H groups in total. The normalized spacial score (nSPS) is 18.0. The first-order valence-electron chi connectivity index (χ1n) is 11.3. The molecule has 3 amide bonds. The number of nitrogens with zero attached hydrogens (tertiary/aromatic N) is 3. The van der Waals surface area contributed by atoms with Crippen LogP contribution in [0.2, 0.25) is 0 Å². The highest BCUT2D eigenvalue weighted by molar-refractivity contribution is 6.07. The monoisotopic (exact) mass is 451 g/mol. The Balaban J connectivity index is 1.56. The van der Waals surface area contributed by atoms with Gasteiger partial charge in [-0.3, -0.25) is 19.1 Å². The molecule has 3 aromatic rings. The smallest absolute Gasteiger partial charge is 0.269 e. The Kier molecular flexibility index (Phi) is 6.48. The number of fused-ring (bicyclic) bond motifs is 1. The van der Waals surface area contributed by atoms with Crippen molar-refractivity contribution in [2.24, 2.45) is 7.05 Å². The van der Waals surface area contributed by atoms with Gasteiger partial charge in [0.1, 0.15) is 23.6 Å². The predicted molar refractivity (Wildman–Crippen MR) is 123 cm³/mol. The highest BCUT2D eigenvalue weighted by Crippen LogP contribution is 2.27. The van der Waals surface area contributed by atoms with Crippen LogP contribution in [0.15, 0.2) is 41.0 Å². The first-order chi connectivity index (χ1) is 15.9. The first kappa shape index (κ1) is 22.6. The standard InChI is InChI=1S/C24H29N5O4/c1-4-10-25-22(30)20-12-16(26-23(31)19-11-15(5-2)27-28(19)3)13-29(20)24(32)18-14-33-21-9-7-6-8-17(18)21/h6-9,11,14,16,20H,4-5,10,12-13H2,1-3H3,(H,25,30)(H,26,31)/t16-,20+/m1/s1. The van der Waals surface area contributed by atoms with Crippen molar-refractivity contribution in [2.45, 2.75) is 45.2 Å². The van der Waals surface area contributed by atoms with Gasteiger partial charge in [0, 0.05) is 31.6 Å². The van der Waals surface area contributed by atoms with Gasteiger partial charge in [0.25, 0.3) is 11.8 Å². The largest absolute Gasteiger partial charge is 0.463 e. The second-order valence-corrected chi connectivity index (χ2v) is 8.31. The lowest BCUT2D eigenvalue weighted by molar-refractivity contribution is -0.124. The summed E-state index contributed by atoms with van der Waals surface area (Å²) in [5.41, 5.74) is 2.30. The molecule has 33 heavy (non-hydrogen) atoms. The topological polar surface area (TPSA) is 109 Å². The number of para-hydroxylation sites is 1. The molecule has 9 nitrogen and oxygen atoms in total. The van der Waals surface area contributed by atoms with Gasteiger partial charge in [0.2, 0.25) is 5.91 Å². The van der Waals surface area contributed by atoms with E-state index in [4.69, 9.17) is 4.42 Å². The van der Waals surface area contributed by atoms with E-state index < -0.39 is 6.04 Å². The average molecular weight is 452 g/mol. The third-order valence-corrected chi connectivity index (χ3v) is 5.99. The van der Waals surface area contributed by atoms with Gasteiger partial charge in [0.05, 0.1) is 11.3 Å². The Morgan fingerprint density at radius 3 is 2.73 bits per heavy atom. The molecule has 1 fully saturated rings. The second kappa shape index (κ2) is 9.48. The van der Waals surface area contributed by atoms with Gasteiger partial charge in [-0.25, -0.2) is 0 Å². The van der Waals surface area contributed by atoms with Gasteiger partial charge >= 0.3 is 0 Å². The summed E-state index contributed by atoms with van der Waals surface area (Å²) >= 11 is 0. The second-order valence-electron chi connectivity index (χ2n) is 8.31. The fourth-order valence-corrected chi connectivity index (χ4v) is 4.25. The van der Waals surface area contributed by atoms with Crippen molar-refractivity contribution in [2.75, 3.05) is 13.1 Å². The van der Waals surface area contributed by atoms with Crippen LogP contribution in [-0.2, 0) is 18.3 Å². The van der Waals surface area contributed by atoms with Crippen LogP contribution < -0.4 is 10.6 Å². The van der Waals surface area contributed by atoms with E-state index in [1.165, 1.54) is 11.2 Å². The molecule has 4 rings (SSSR count). The Labute approximate surface area is 192 Å². The number of hydrogen-bond acceptors (Lipinski definition) is 5. The number of rotatable bonds is 7. The SMILES string of the molecule is CCCNC(=O)[C@@H]1C[C@@H](NC(=O)c2cc(CC)nn2C)CN1C(=O)c1coc2ccccc12. The Bertz CT molecular complexity index is 1180. The lowest BCUT2D eigenvalue weighted by atomic mass is 10.1. The van der Waals surface area contributed by atoms with Gasteiger partial charge in [0.15, 0.2) is 0 Å². The molecule has 1 aliphatic heterocycles. The molecule has 3 heterocycles. The minimum atomic E-state index is -0.680. The molecule has 0 unspecified atom stereocenters. The fraction of sp³-hybridized carbons (Fsp3) is 0.417. The van der Waals surface area contributed by atoms with Crippen molar-refractivity contribution in [3.05, 3.63) is 53.5 Å². The van der Waals surface area contributed by atoms with Gasteiger partial charge in [-0.05, 0) is 31.4 Å². The highest BCUT2D eigenvalue weighted by atomic mass is 16.3. The minimum absolute atomic E-state index is 0.219. The van der Waals surface area contributed by atoms with Crippen LogP contribution in [0.1, 0.15) is 53.2 Å².